The Bertz CT molecular complexity index is 1780. The Morgan fingerprint density at radius 3 is 2.36 bits per heavy atom. The number of carbonyl (C=O) groups excluding carboxylic acids is 1. The topological polar surface area (TPSA) is 41.9 Å². The van der Waals surface area contributed by atoms with E-state index < -0.39 is 0 Å². The molecule has 42 heavy (non-hydrogen) atoms. The van der Waals surface area contributed by atoms with Crippen LogP contribution >= 0.6 is 27.7 Å². The molecule has 6 heteroatoms. The predicted molar refractivity (Wildman–Crippen MR) is 178 cm³/mol. The van der Waals surface area contributed by atoms with Crippen LogP contribution in [-0.4, -0.2) is 22.5 Å². The molecule has 1 aliphatic heterocycles. The molecule has 1 amide bonds. The van der Waals surface area contributed by atoms with Gasteiger partial charge in [0.25, 0.3) is 5.91 Å². The highest BCUT2D eigenvalue weighted by atomic mass is 79.9. The summed E-state index contributed by atoms with van der Waals surface area (Å²) < 4.78 is 7.39. The molecule has 208 valence electrons. The maximum atomic E-state index is 14.0. The maximum Gasteiger partial charge on any atom is 0.266 e. The molecule has 4 nitrogen and oxygen atoms in total. The third-order valence-corrected chi connectivity index (χ3v) is 8.66. The average Bonchev–Trinajstić information content (AvgIpc) is 3.31. The highest BCUT2D eigenvalue weighted by molar-refractivity contribution is 9.10. The molecule has 0 unspecified atom stereocenters. The molecule has 1 aliphatic rings. The zero-order valence-corrected chi connectivity index (χ0v) is 25.6. The lowest BCUT2D eigenvalue weighted by Gasteiger charge is -2.16. The van der Waals surface area contributed by atoms with E-state index in [9.17, 15) is 4.79 Å². The van der Waals surface area contributed by atoms with Crippen molar-refractivity contribution >= 4 is 61.3 Å². The summed E-state index contributed by atoms with van der Waals surface area (Å²) in [7, 11) is 0. The number of halogens is 1. The number of amides is 1. The average molecular weight is 634 g/mol. The van der Waals surface area contributed by atoms with Crippen LogP contribution in [0.25, 0.3) is 16.8 Å². The van der Waals surface area contributed by atoms with Crippen LogP contribution in [0, 0.1) is 6.92 Å². The molecule has 0 saturated carbocycles. The van der Waals surface area contributed by atoms with Crippen molar-refractivity contribution in [2.24, 2.45) is 4.99 Å². The van der Waals surface area contributed by atoms with E-state index >= 15 is 0 Å². The number of thioether (sulfide) groups is 1. The molecule has 1 saturated heterocycles. The Hall–Kier alpha value is -4.13. The SMILES string of the molecule is Cc1ccc(N=C2S/C(=C/c3c(OCc4ccc(Br)cc4)ccc4ccccc34)C(=O)N2CCc2ccccc2)cc1. The summed E-state index contributed by atoms with van der Waals surface area (Å²) in [5.74, 6) is 0.686. The van der Waals surface area contributed by atoms with E-state index in [1.165, 1.54) is 22.9 Å². The standard InChI is InChI=1S/C36H29BrN2O2S/c1-25-11-18-30(19-12-25)38-36-39(22-21-26-7-3-2-4-8-26)35(40)34(42-36)23-32-31-10-6-5-9-28(31)15-20-33(32)41-24-27-13-16-29(37)17-14-27/h2-20,23H,21-22,24H2,1H3/b34-23+,38-36?. The second-order valence-corrected chi connectivity index (χ2v) is 12.1. The van der Waals surface area contributed by atoms with Gasteiger partial charge in [-0.2, -0.15) is 0 Å². The zero-order valence-electron chi connectivity index (χ0n) is 23.2. The first-order chi connectivity index (χ1) is 20.5. The van der Waals surface area contributed by atoms with Gasteiger partial charge in [0.2, 0.25) is 0 Å². The van der Waals surface area contributed by atoms with Crippen LogP contribution in [0.15, 0.2) is 130 Å². The highest BCUT2D eigenvalue weighted by Crippen LogP contribution is 2.38. The molecule has 1 fully saturated rings. The molecule has 0 spiro atoms. The summed E-state index contributed by atoms with van der Waals surface area (Å²) in [5.41, 5.74) is 5.13. The van der Waals surface area contributed by atoms with E-state index in [2.05, 4.69) is 53.2 Å². The Morgan fingerprint density at radius 1 is 0.833 bits per heavy atom. The number of hydrogen-bond acceptors (Lipinski definition) is 4. The fourth-order valence-electron chi connectivity index (χ4n) is 4.83. The number of nitrogens with zero attached hydrogens (tertiary/aromatic N) is 2. The number of benzene rings is 5. The fraction of sp³-hybridized carbons (Fsp3) is 0.111. The quantitative estimate of drug-likeness (QED) is 0.160. The van der Waals surface area contributed by atoms with Crippen molar-refractivity contribution in [3.63, 3.8) is 0 Å². The predicted octanol–water partition coefficient (Wildman–Crippen LogP) is 9.34. The van der Waals surface area contributed by atoms with Gasteiger partial charge in [-0.1, -0.05) is 106 Å². The minimum absolute atomic E-state index is 0.0476. The summed E-state index contributed by atoms with van der Waals surface area (Å²) >= 11 is 4.91. The van der Waals surface area contributed by atoms with E-state index in [1.807, 2.05) is 91.0 Å². The molecule has 0 N–H and O–H groups in total. The molecule has 0 radical (unpaired) electrons. The van der Waals surface area contributed by atoms with E-state index in [4.69, 9.17) is 9.73 Å². The van der Waals surface area contributed by atoms with Gasteiger partial charge in [0.1, 0.15) is 12.4 Å². The monoisotopic (exact) mass is 632 g/mol. The number of amidine groups is 1. The largest absolute Gasteiger partial charge is 0.488 e. The van der Waals surface area contributed by atoms with Crippen molar-refractivity contribution in [2.45, 2.75) is 20.0 Å². The van der Waals surface area contributed by atoms with Crippen LogP contribution < -0.4 is 4.74 Å². The summed E-state index contributed by atoms with van der Waals surface area (Å²) in [6, 6.07) is 38.6. The lowest BCUT2D eigenvalue weighted by Crippen LogP contribution is -2.31. The molecule has 5 aromatic rings. The van der Waals surface area contributed by atoms with Crippen LogP contribution in [-0.2, 0) is 17.8 Å². The van der Waals surface area contributed by atoms with Crippen molar-refractivity contribution in [1.82, 2.24) is 4.90 Å². The van der Waals surface area contributed by atoms with Crippen molar-refractivity contribution in [1.29, 1.82) is 0 Å². The van der Waals surface area contributed by atoms with E-state index in [0.29, 0.717) is 23.2 Å². The summed E-state index contributed by atoms with van der Waals surface area (Å²) in [6.07, 6.45) is 2.71. The van der Waals surface area contributed by atoms with Crippen LogP contribution in [0.5, 0.6) is 5.75 Å². The lowest BCUT2D eigenvalue weighted by molar-refractivity contribution is -0.122. The van der Waals surface area contributed by atoms with E-state index in [0.717, 1.165) is 44.2 Å². The minimum Gasteiger partial charge on any atom is -0.488 e. The number of fused-ring (bicyclic) bond motifs is 1. The van der Waals surface area contributed by atoms with Crippen LogP contribution in [0.4, 0.5) is 5.69 Å². The third kappa shape index (κ3) is 6.51. The van der Waals surface area contributed by atoms with E-state index in [-0.39, 0.29) is 5.91 Å². The third-order valence-electron chi connectivity index (χ3n) is 7.13. The molecule has 6 rings (SSSR count). The molecule has 5 aromatic carbocycles. The number of rotatable bonds is 8. The van der Waals surface area contributed by atoms with Crippen LogP contribution in [0.3, 0.4) is 0 Å². The first-order valence-corrected chi connectivity index (χ1v) is 15.4. The van der Waals surface area contributed by atoms with Crippen molar-refractivity contribution in [3.8, 4) is 5.75 Å². The minimum atomic E-state index is -0.0476. The number of aliphatic imine (C=N–C) groups is 1. The Labute approximate surface area is 258 Å². The second kappa shape index (κ2) is 12.8. The van der Waals surface area contributed by atoms with Gasteiger partial charge in [-0.15, -0.1) is 0 Å². The molecular weight excluding hydrogens is 604 g/mol. The smallest absolute Gasteiger partial charge is 0.266 e. The van der Waals surface area contributed by atoms with Gasteiger partial charge >= 0.3 is 0 Å². The summed E-state index contributed by atoms with van der Waals surface area (Å²) in [6.45, 7) is 3.02. The molecule has 1 heterocycles. The van der Waals surface area contributed by atoms with Gasteiger partial charge < -0.3 is 4.74 Å². The van der Waals surface area contributed by atoms with Crippen molar-refractivity contribution in [3.05, 3.63) is 147 Å². The molecule has 0 bridgehead atoms. The highest BCUT2D eigenvalue weighted by Gasteiger charge is 2.33. The van der Waals surface area contributed by atoms with E-state index in [1.54, 1.807) is 4.90 Å². The Kier molecular flexibility index (Phi) is 8.54. The number of ether oxygens (including phenoxy) is 1. The van der Waals surface area contributed by atoms with Gasteiger partial charge in [0.15, 0.2) is 5.17 Å². The first kappa shape index (κ1) is 28.0. The number of hydrogen-bond donors (Lipinski definition) is 0. The molecular formula is C36H29BrN2O2S. The van der Waals surface area contributed by atoms with Gasteiger partial charge in [0, 0.05) is 16.6 Å². The first-order valence-electron chi connectivity index (χ1n) is 13.8. The molecule has 0 aromatic heterocycles. The van der Waals surface area contributed by atoms with Crippen LogP contribution in [0.1, 0.15) is 22.3 Å². The normalized spacial score (nSPS) is 15.2. The zero-order chi connectivity index (χ0) is 28.9. The lowest BCUT2D eigenvalue weighted by atomic mass is 10.0. The van der Waals surface area contributed by atoms with Crippen LogP contribution in [0.2, 0.25) is 0 Å². The Balaban J connectivity index is 1.36. The maximum absolute atomic E-state index is 14.0. The van der Waals surface area contributed by atoms with Gasteiger partial charge in [-0.3, -0.25) is 9.69 Å². The van der Waals surface area contributed by atoms with Gasteiger partial charge in [0.05, 0.1) is 10.6 Å². The van der Waals surface area contributed by atoms with Crippen molar-refractivity contribution < 1.29 is 9.53 Å². The summed E-state index contributed by atoms with van der Waals surface area (Å²) in [5, 5.41) is 2.81. The van der Waals surface area contributed by atoms with Gasteiger partial charge in [-0.05, 0) is 83.4 Å². The fourth-order valence-corrected chi connectivity index (χ4v) is 6.10. The Morgan fingerprint density at radius 2 is 1.57 bits per heavy atom. The summed E-state index contributed by atoms with van der Waals surface area (Å²) in [4.78, 5) is 21.3. The molecule has 0 atom stereocenters. The van der Waals surface area contributed by atoms with Crippen molar-refractivity contribution in [2.75, 3.05) is 6.54 Å². The molecule has 0 aliphatic carbocycles. The number of aryl methyl sites for hydroxylation is 1. The number of carbonyl (C=O) groups is 1. The van der Waals surface area contributed by atoms with Gasteiger partial charge in [-0.25, -0.2) is 4.99 Å². The second-order valence-electron chi connectivity index (χ2n) is 10.1.